The minimum atomic E-state index is 0.391. The zero-order chi connectivity index (χ0) is 12.4. The summed E-state index contributed by atoms with van der Waals surface area (Å²) in [6.07, 6.45) is 0. The van der Waals surface area contributed by atoms with Crippen LogP contribution in [-0.2, 0) is 6.54 Å². The molecular weight excluding hydrogens is 210 g/mol. The number of aryl methyl sites for hydroxylation is 1. The molecule has 0 saturated carbocycles. The average molecular weight is 229 g/mol. The van der Waals surface area contributed by atoms with Gasteiger partial charge in [0.2, 0.25) is 0 Å². The van der Waals surface area contributed by atoms with E-state index in [0.717, 1.165) is 22.8 Å². The smallest absolute Gasteiger partial charge is 0.138 e. The number of aromatic amines is 1. The second kappa shape index (κ2) is 4.72. The molecule has 0 amide bonds. The van der Waals surface area contributed by atoms with Gasteiger partial charge in [-0.15, -0.1) is 0 Å². The van der Waals surface area contributed by atoms with Crippen LogP contribution in [0.25, 0.3) is 11.4 Å². The highest BCUT2D eigenvalue weighted by atomic mass is 15.0. The van der Waals surface area contributed by atoms with Crippen LogP contribution in [0.15, 0.2) is 24.3 Å². The molecule has 0 aliphatic heterocycles. The molecule has 1 heterocycles. The van der Waals surface area contributed by atoms with Crippen LogP contribution in [0.3, 0.4) is 0 Å². The van der Waals surface area contributed by atoms with Gasteiger partial charge in [0.05, 0.1) is 11.4 Å². The van der Waals surface area contributed by atoms with Gasteiger partial charge < -0.3 is 10.7 Å². The number of benzene rings is 1. The lowest BCUT2D eigenvalue weighted by atomic mass is 10.1. The Labute approximate surface area is 102 Å². The summed E-state index contributed by atoms with van der Waals surface area (Å²) in [5.74, 6) is 1.31. The van der Waals surface area contributed by atoms with Crippen LogP contribution in [0.4, 0.5) is 0 Å². The maximum absolute atomic E-state index is 5.75. The van der Waals surface area contributed by atoms with Crippen LogP contribution in [0.2, 0.25) is 0 Å². The number of rotatable bonds is 3. The van der Waals surface area contributed by atoms with E-state index in [-0.39, 0.29) is 0 Å². The Morgan fingerprint density at radius 1 is 1.29 bits per heavy atom. The van der Waals surface area contributed by atoms with E-state index >= 15 is 0 Å². The van der Waals surface area contributed by atoms with Crippen molar-refractivity contribution in [2.75, 3.05) is 0 Å². The lowest BCUT2D eigenvalue weighted by Gasteiger charge is -2.01. The summed E-state index contributed by atoms with van der Waals surface area (Å²) in [6, 6.07) is 8.24. The second-order valence-electron chi connectivity index (χ2n) is 4.62. The predicted octanol–water partition coefficient (Wildman–Crippen LogP) is 2.97. The molecule has 2 rings (SSSR count). The van der Waals surface area contributed by atoms with Crippen LogP contribution in [0.5, 0.6) is 0 Å². The molecule has 0 spiro atoms. The van der Waals surface area contributed by atoms with Crippen molar-refractivity contribution in [2.45, 2.75) is 33.2 Å². The highest BCUT2D eigenvalue weighted by molar-refractivity contribution is 5.60. The Bertz CT molecular complexity index is 512. The first-order chi connectivity index (χ1) is 8.13. The normalized spacial score (nSPS) is 11.1. The maximum Gasteiger partial charge on any atom is 0.138 e. The van der Waals surface area contributed by atoms with Crippen molar-refractivity contribution in [3.05, 3.63) is 41.2 Å². The van der Waals surface area contributed by atoms with Gasteiger partial charge >= 0.3 is 0 Å². The van der Waals surface area contributed by atoms with Gasteiger partial charge in [0.15, 0.2) is 0 Å². The maximum atomic E-state index is 5.75. The van der Waals surface area contributed by atoms with Crippen LogP contribution in [0.1, 0.15) is 36.7 Å². The topological polar surface area (TPSA) is 54.7 Å². The SMILES string of the molecule is Cc1ccccc1-c1nc(C(C)C)c(CN)[nH]1. The van der Waals surface area contributed by atoms with E-state index in [9.17, 15) is 0 Å². The zero-order valence-electron chi connectivity index (χ0n) is 10.6. The highest BCUT2D eigenvalue weighted by Crippen LogP contribution is 2.25. The molecule has 0 aliphatic rings. The largest absolute Gasteiger partial charge is 0.341 e. The summed E-state index contributed by atoms with van der Waals surface area (Å²) in [5, 5.41) is 0. The first kappa shape index (κ1) is 11.9. The van der Waals surface area contributed by atoms with Gasteiger partial charge in [-0.1, -0.05) is 38.1 Å². The van der Waals surface area contributed by atoms with E-state index in [1.807, 2.05) is 12.1 Å². The Morgan fingerprint density at radius 3 is 2.53 bits per heavy atom. The molecule has 3 N–H and O–H groups in total. The summed E-state index contributed by atoms with van der Waals surface area (Å²) < 4.78 is 0. The molecule has 0 unspecified atom stereocenters. The number of nitrogens with two attached hydrogens (primary N) is 1. The monoisotopic (exact) mass is 229 g/mol. The Morgan fingerprint density at radius 2 is 2.00 bits per heavy atom. The van der Waals surface area contributed by atoms with E-state index in [0.29, 0.717) is 12.5 Å². The molecular formula is C14H19N3. The van der Waals surface area contributed by atoms with Gasteiger partial charge in [-0.25, -0.2) is 4.98 Å². The van der Waals surface area contributed by atoms with Crippen molar-refractivity contribution >= 4 is 0 Å². The third-order valence-corrected chi connectivity index (χ3v) is 2.96. The lowest BCUT2D eigenvalue weighted by molar-refractivity contribution is 0.806. The molecule has 17 heavy (non-hydrogen) atoms. The van der Waals surface area contributed by atoms with Crippen molar-refractivity contribution in [3.8, 4) is 11.4 Å². The van der Waals surface area contributed by atoms with Crippen LogP contribution >= 0.6 is 0 Å². The van der Waals surface area contributed by atoms with E-state index in [4.69, 9.17) is 5.73 Å². The molecule has 1 aromatic heterocycles. The van der Waals surface area contributed by atoms with E-state index < -0.39 is 0 Å². The van der Waals surface area contributed by atoms with Crippen LogP contribution < -0.4 is 5.73 Å². The van der Waals surface area contributed by atoms with Crippen molar-refractivity contribution in [1.29, 1.82) is 0 Å². The molecule has 90 valence electrons. The standard InChI is InChI=1S/C14H19N3/c1-9(2)13-12(8-15)16-14(17-13)11-7-5-4-6-10(11)3/h4-7,9H,8,15H2,1-3H3,(H,16,17). The first-order valence-electron chi connectivity index (χ1n) is 5.98. The minimum absolute atomic E-state index is 0.391. The summed E-state index contributed by atoms with van der Waals surface area (Å²) in [7, 11) is 0. The molecule has 0 aliphatic carbocycles. The Balaban J connectivity index is 2.51. The molecule has 2 aromatic rings. The van der Waals surface area contributed by atoms with Crippen LogP contribution in [0, 0.1) is 6.92 Å². The van der Waals surface area contributed by atoms with Gasteiger partial charge in [0.1, 0.15) is 5.82 Å². The first-order valence-corrected chi connectivity index (χ1v) is 5.98. The molecule has 0 fully saturated rings. The number of imidazole rings is 1. The average Bonchev–Trinajstić information content (AvgIpc) is 2.73. The fourth-order valence-corrected chi connectivity index (χ4v) is 2.02. The number of hydrogen-bond acceptors (Lipinski definition) is 2. The second-order valence-corrected chi connectivity index (χ2v) is 4.62. The zero-order valence-corrected chi connectivity index (χ0v) is 10.6. The quantitative estimate of drug-likeness (QED) is 0.850. The minimum Gasteiger partial charge on any atom is -0.341 e. The molecule has 0 saturated heterocycles. The molecule has 0 atom stereocenters. The van der Waals surface area contributed by atoms with Gasteiger partial charge in [-0.3, -0.25) is 0 Å². The van der Waals surface area contributed by atoms with Gasteiger partial charge in [0.25, 0.3) is 0 Å². The molecule has 3 nitrogen and oxygen atoms in total. The highest BCUT2D eigenvalue weighted by Gasteiger charge is 2.13. The van der Waals surface area contributed by atoms with E-state index in [1.165, 1.54) is 5.56 Å². The Kier molecular flexibility index (Phi) is 3.29. The Hall–Kier alpha value is -1.61. The van der Waals surface area contributed by atoms with Gasteiger partial charge in [-0.05, 0) is 18.4 Å². The van der Waals surface area contributed by atoms with E-state index in [1.54, 1.807) is 0 Å². The molecule has 3 heteroatoms. The fraction of sp³-hybridized carbons (Fsp3) is 0.357. The van der Waals surface area contributed by atoms with Crippen molar-refractivity contribution < 1.29 is 0 Å². The third-order valence-electron chi connectivity index (χ3n) is 2.96. The molecule has 0 radical (unpaired) electrons. The number of nitrogens with zero attached hydrogens (tertiary/aromatic N) is 1. The number of hydrogen-bond donors (Lipinski definition) is 2. The predicted molar refractivity (Wildman–Crippen MR) is 70.7 cm³/mol. The number of aromatic nitrogens is 2. The van der Waals surface area contributed by atoms with Gasteiger partial charge in [-0.2, -0.15) is 0 Å². The molecule has 0 bridgehead atoms. The van der Waals surface area contributed by atoms with Crippen molar-refractivity contribution in [3.63, 3.8) is 0 Å². The summed E-state index contributed by atoms with van der Waals surface area (Å²) >= 11 is 0. The third kappa shape index (κ3) is 2.24. The lowest BCUT2D eigenvalue weighted by Crippen LogP contribution is -2.02. The van der Waals surface area contributed by atoms with Crippen molar-refractivity contribution in [1.82, 2.24) is 9.97 Å². The summed E-state index contributed by atoms with van der Waals surface area (Å²) in [6.45, 7) is 6.87. The summed E-state index contributed by atoms with van der Waals surface area (Å²) in [4.78, 5) is 8.01. The van der Waals surface area contributed by atoms with Crippen LogP contribution in [-0.4, -0.2) is 9.97 Å². The summed E-state index contributed by atoms with van der Waals surface area (Å²) in [5.41, 5.74) is 10.2. The van der Waals surface area contributed by atoms with E-state index in [2.05, 4.69) is 42.9 Å². The number of nitrogens with one attached hydrogen (secondary N) is 1. The fourth-order valence-electron chi connectivity index (χ4n) is 2.02. The number of H-pyrrole nitrogens is 1. The molecule has 1 aromatic carbocycles. The van der Waals surface area contributed by atoms with Crippen molar-refractivity contribution in [2.24, 2.45) is 5.73 Å². The van der Waals surface area contributed by atoms with Gasteiger partial charge in [0, 0.05) is 12.1 Å².